The van der Waals surface area contributed by atoms with Crippen LogP contribution in [-0.4, -0.2) is 46.4 Å². The molecular formula is C23H29N3O2. The van der Waals surface area contributed by atoms with E-state index in [9.17, 15) is 4.79 Å². The minimum atomic E-state index is 0.0891. The number of piperidine rings is 1. The number of fused-ring (bicyclic) bond motifs is 4. The predicted molar refractivity (Wildman–Crippen MR) is 109 cm³/mol. The van der Waals surface area contributed by atoms with E-state index >= 15 is 0 Å². The summed E-state index contributed by atoms with van der Waals surface area (Å²) in [5.74, 6) is 1.35. The maximum absolute atomic E-state index is 13.1. The zero-order valence-electron chi connectivity index (χ0n) is 16.6. The fourth-order valence-electron chi connectivity index (χ4n) is 4.36. The summed E-state index contributed by atoms with van der Waals surface area (Å²) in [5.41, 5.74) is 2.18. The lowest BCUT2D eigenvalue weighted by molar-refractivity contribution is -0.140. The molecule has 0 unspecified atom stereocenters. The van der Waals surface area contributed by atoms with Gasteiger partial charge in [0.05, 0.1) is 24.8 Å². The van der Waals surface area contributed by atoms with E-state index in [0.29, 0.717) is 12.5 Å². The van der Waals surface area contributed by atoms with Crippen molar-refractivity contribution in [1.82, 2.24) is 14.8 Å². The molecule has 0 radical (unpaired) electrons. The first-order valence-corrected chi connectivity index (χ1v) is 10.4. The molecule has 3 fully saturated rings. The van der Waals surface area contributed by atoms with Crippen LogP contribution in [-0.2, 0) is 17.9 Å². The van der Waals surface area contributed by atoms with E-state index in [1.54, 1.807) is 6.20 Å². The summed E-state index contributed by atoms with van der Waals surface area (Å²) in [6.45, 7) is 6.05. The summed E-state index contributed by atoms with van der Waals surface area (Å²) in [6.07, 6.45) is 4.87. The second kappa shape index (κ2) is 8.74. The van der Waals surface area contributed by atoms with E-state index in [2.05, 4.69) is 39.9 Å². The monoisotopic (exact) mass is 379 g/mol. The highest BCUT2D eigenvalue weighted by Crippen LogP contribution is 2.32. The van der Waals surface area contributed by atoms with Crippen molar-refractivity contribution in [2.24, 2.45) is 5.92 Å². The summed E-state index contributed by atoms with van der Waals surface area (Å²) in [5, 5.41) is 0. The Labute approximate surface area is 167 Å². The molecule has 0 N–H and O–H groups in total. The highest BCUT2D eigenvalue weighted by molar-refractivity contribution is 5.80. The van der Waals surface area contributed by atoms with Crippen molar-refractivity contribution in [1.29, 1.82) is 0 Å². The molecule has 3 aliphatic rings. The Hall–Kier alpha value is -2.40. The fourth-order valence-corrected chi connectivity index (χ4v) is 4.36. The van der Waals surface area contributed by atoms with Crippen LogP contribution in [0.2, 0.25) is 0 Å². The summed E-state index contributed by atoms with van der Waals surface area (Å²) < 4.78 is 5.94. The quantitative estimate of drug-likeness (QED) is 0.739. The van der Waals surface area contributed by atoms with Crippen molar-refractivity contribution >= 4 is 5.91 Å². The predicted octanol–water partition coefficient (Wildman–Crippen LogP) is 3.49. The van der Waals surface area contributed by atoms with Crippen LogP contribution in [0.15, 0.2) is 48.7 Å². The first-order chi connectivity index (χ1) is 13.7. The highest BCUT2D eigenvalue weighted by atomic mass is 16.5. The molecule has 2 aromatic rings. The lowest BCUT2D eigenvalue weighted by atomic mass is 9.94. The molecule has 2 atom stereocenters. The lowest BCUT2D eigenvalue weighted by Gasteiger charge is -2.35. The standard InChI is InChI=1S/C23H29N3O2/c1-2-13-28-22-9-4-3-7-18(22)14-25-15-19-10-11-21(17-25)26(23(19)27)16-20-8-5-6-12-24-20/h3-9,12,19,21H,2,10-11,13-17H2,1H3/t19-,21+/m1/s1. The van der Waals surface area contributed by atoms with E-state index in [1.807, 2.05) is 24.3 Å². The largest absolute Gasteiger partial charge is 0.493 e. The summed E-state index contributed by atoms with van der Waals surface area (Å²) >= 11 is 0. The van der Waals surface area contributed by atoms with Gasteiger partial charge in [-0.1, -0.05) is 31.2 Å². The molecule has 1 aromatic carbocycles. The average Bonchev–Trinajstić information content (AvgIpc) is 2.99. The molecule has 0 spiro atoms. The SMILES string of the molecule is CCCOc1ccccc1CN1C[C@H]2CC[C@@H](C1)N(Cc1ccccn1)C2=O. The number of pyridine rings is 1. The molecule has 0 aliphatic carbocycles. The van der Waals surface area contributed by atoms with E-state index < -0.39 is 0 Å². The molecule has 3 saturated heterocycles. The Morgan fingerprint density at radius 3 is 2.75 bits per heavy atom. The van der Waals surface area contributed by atoms with Crippen molar-refractivity contribution < 1.29 is 9.53 Å². The molecule has 4 heterocycles. The summed E-state index contributed by atoms with van der Waals surface area (Å²) in [7, 11) is 0. The van der Waals surface area contributed by atoms with Crippen molar-refractivity contribution in [2.45, 2.75) is 45.3 Å². The maximum Gasteiger partial charge on any atom is 0.227 e. The number of hydrogen-bond donors (Lipinski definition) is 0. The second-order valence-electron chi connectivity index (χ2n) is 7.87. The van der Waals surface area contributed by atoms with Crippen LogP contribution in [0.3, 0.4) is 0 Å². The van der Waals surface area contributed by atoms with Crippen LogP contribution in [0.5, 0.6) is 5.75 Å². The topological polar surface area (TPSA) is 45.7 Å². The molecule has 148 valence electrons. The van der Waals surface area contributed by atoms with Gasteiger partial charge in [0.2, 0.25) is 5.91 Å². The first kappa shape index (κ1) is 18.9. The fraction of sp³-hybridized carbons (Fsp3) is 0.478. The number of ether oxygens (including phenoxy) is 1. The molecule has 2 bridgehead atoms. The van der Waals surface area contributed by atoms with E-state index in [-0.39, 0.29) is 12.0 Å². The number of aromatic nitrogens is 1. The zero-order valence-corrected chi connectivity index (χ0v) is 16.6. The van der Waals surface area contributed by atoms with Gasteiger partial charge in [-0.25, -0.2) is 0 Å². The zero-order chi connectivity index (χ0) is 19.3. The Morgan fingerprint density at radius 2 is 1.93 bits per heavy atom. The smallest absolute Gasteiger partial charge is 0.227 e. The molecule has 1 aromatic heterocycles. The van der Waals surface area contributed by atoms with E-state index in [1.165, 1.54) is 5.56 Å². The number of nitrogens with zero attached hydrogens (tertiary/aromatic N) is 3. The number of benzene rings is 1. The van der Waals surface area contributed by atoms with Gasteiger partial charge >= 0.3 is 0 Å². The Morgan fingerprint density at radius 1 is 1.07 bits per heavy atom. The van der Waals surface area contributed by atoms with Crippen LogP contribution in [0, 0.1) is 5.92 Å². The van der Waals surface area contributed by atoms with Gasteiger partial charge < -0.3 is 9.64 Å². The van der Waals surface area contributed by atoms with Gasteiger partial charge in [0.1, 0.15) is 5.75 Å². The van der Waals surface area contributed by atoms with Crippen molar-refractivity contribution in [3.63, 3.8) is 0 Å². The molecule has 5 heteroatoms. The van der Waals surface area contributed by atoms with Crippen LogP contribution in [0.4, 0.5) is 0 Å². The van der Waals surface area contributed by atoms with Gasteiger partial charge in [-0.05, 0) is 37.5 Å². The third-order valence-corrected chi connectivity index (χ3v) is 5.76. The molecule has 5 rings (SSSR count). The molecule has 3 aliphatic heterocycles. The number of hydrogen-bond acceptors (Lipinski definition) is 4. The third kappa shape index (κ3) is 4.20. The molecule has 5 nitrogen and oxygen atoms in total. The van der Waals surface area contributed by atoms with Gasteiger partial charge in [0.25, 0.3) is 0 Å². The number of carbonyl (C=O) groups excluding carboxylic acids is 1. The molecule has 28 heavy (non-hydrogen) atoms. The number of carbonyl (C=O) groups is 1. The van der Waals surface area contributed by atoms with Gasteiger partial charge in [-0.2, -0.15) is 0 Å². The maximum atomic E-state index is 13.1. The van der Waals surface area contributed by atoms with Gasteiger partial charge in [0, 0.05) is 37.4 Å². The molecule has 1 amide bonds. The minimum Gasteiger partial charge on any atom is -0.493 e. The van der Waals surface area contributed by atoms with Crippen LogP contribution in [0.1, 0.15) is 37.4 Å². The van der Waals surface area contributed by atoms with Gasteiger partial charge in [0.15, 0.2) is 0 Å². The Bertz CT molecular complexity index is 795. The average molecular weight is 380 g/mol. The number of rotatable bonds is 7. The van der Waals surface area contributed by atoms with E-state index in [0.717, 1.165) is 56.9 Å². The summed E-state index contributed by atoms with van der Waals surface area (Å²) in [6, 6.07) is 14.5. The van der Waals surface area contributed by atoms with Crippen LogP contribution >= 0.6 is 0 Å². The lowest BCUT2D eigenvalue weighted by Crippen LogP contribution is -2.47. The van der Waals surface area contributed by atoms with Gasteiger partial charge in [-0.15, -0.1) is 0 Å². The molecule has 0 saturated carbocycles. The third-order valence-electron chi connectivity index (χ3n) is 5.76. The Kier molecular flexibility index (Phi) is 5.91. The van der Waals surface area contributed by atoms with E-state index in [4.69, 9.17) is 4.74 Å². The second-order valence-corrected chi connectivity index (χ2v) is 7.87. The number of amides is 1. The Balaban J connectivity index is 1.48. The van der Waals surface area contributed by atoms with Crippen molar-refractivity contribution in [3.8, 4) is 5.75 Å². The van der Waals surface area contributed by atoms with Crippen LogP contribution < -0.4 is 4.74 Å². The number of para-hydroxylation sites is 1. The van der Waals surface area contributed by atoms with Crippen molar-refractivity contribution in [2.75, 3.05) is 19.7 Å². The van der Waals surface area contributed by atoms with Crippen molar-refractivity contribution in [3.05, 3.63) is 59.9 Å². The summed E-state index contributed by atoms with van der Waals surface area (Å²) in [4.78, 5) is 22.0. The highest BCUT2D eigenvalue weighted by Gasteiger charge is 2.40. The first-order valence-electron chi connectivity index (χ1n) is 10.4. The van der Waals surface area contributed by atoms with Crippen LogP contribution in [0.25, 0.3) is 0 Å². The normalized spacial score (nSPS) is 22.3. The van der Waals surface area contributed by atoms with Gasteiger partial charge in [-0.3, -0.25) is 14.7 Å². The molecular weight excluding hydrogens is 350 g/mol. The minimum absolute atomic E-state index is 0.0891.